The Morgan fingerprint density at radius 3 is 3.24 bits per heavy atom. The van der Waals surface area contributed by atoms with Crippen molar-refractivity contribution < 1.29 is 13.9 Å². The normalized spacial score (nSPS) is 19.4. The maximum atomic E-state index is 13.0. The first-order valence-corrected chi connectivity index (χ1v) is 5.74. The van der Waals surface area contributed by atoms with E-state index in [1.807, 2.05) is 4.90 Å². The van der Waals surface area contributed by atoms with E-state index in [2.05, 4.69) is 4.98 Å². The van der Waals surface area contributed by atoms with Gasteiger partial charge in [-0.1, -0.05) is 0 Å². The molecule has 2 heterocycles. The van der Waals surface area contributed by atoms with E-state index in [9.17, 15) is 9.18 Å². The van der Waals surface area contributed by atoms with Gasteiger partial charge in [0.2, 0.25) is 5.95 Å². The number of anilines is 1. The lowest BCUT2D eigenvalue weighted by atomic mass is 10.1. The van der Waals surface area contributed by atoms with E-state index in [1.165, 1.54) is 12.3 Å². The van der Waals surface area contributed by atoms with Gasteiger partial charge < -0.3 is 9.64 Å². The summed E-state index contributed by atoms with van der Waals surface area (Å²) in [4.78, 5) is 17.0. The standard InChI is InChI=1S/C12H15FN2O2/c1-2-17-12(16)9-4-6-15(8-9)10-3-5-14-11(13)7-10/h3,5,7,9H,2,4,6,8H2,1H3/t9-/m1/s1. The highest BCUT2D eigenvalue weighted by Gasteiger charge is 2.29. The number of nitrogens with zero attached hydrogens (tertiary/aromatic N) is 2. The Bertz CT molecular complexity index is 411. The average molecular weight is 238 g/mol. The number of ether oxygens (including phenoxy) is 1. The van der Waals surface area contributed by atoms with Crippen LogP contribution in [0.2, 0.25) is 0 Å². The van der Waals surface area contributed by atoms with Crippen molar-refractivity contribution in [2.24, 2.45) is 5.92 Å². The second-order valence-electron chi connectivity index (χ2n) is 4.02. The van der Waals surface area contributed by atoms with Crippen LogP contribution in [-0.4, -0.2) is 30.6 Å². The first-order chi connectivity index (χ1) is 8.20. The van der Waals surface area contributed by atoms with Crippen LogP contribution >= 0.6 is 0 Å². The number of esters is 1. The van der Waals surface area contributed by atoms with Crippen molar-refractivity contribution in [3.8, 4) is 0 Å². The van der Waals surface area contributed by atoms with Crippen LogP contribution in [0.4, 0.5) is 10.1 Å². The quantitative estimate of drug-likeness (QED) is 0.592. The maximum Gasteiger partial charge on any atom is 0.310 e. The van der Waals surface area contributed by atoms with Crippen molar-refractivity contribution >= 4 is 11.7 Å². The summed E-state index contributed by atoms with van der Waals surface area (Å²) in [5, 5.41) is 0. The summed E-state index contributed by atoms with van der Waals surface area (Å²) in [5.41, 5.74) is 0.768. The van der Waals surface area contributed by atoms with Crippen molar-refractivity contribution in [1.29, 1.82) is 0 Å². The fourth-order valence-corrected chi connectivity index (χ4v) is 2.04. The number of carbonyl (C=O) groups excluding carboxylic acids is 1. The van der Waals surface area contributed by atoms with Crippen molar-refractivity contribution in [3.05, 3.63) is 24.3 Å². The second kappa shape index (κ2) is 5.12. The molecule has 1 saturated heterocycles. The van der Waals surface area contributed by atoms with Gasteiger partial charge in [0.15, 0.2) is 0 Å². The van der Waals surface area contributed by atoms with E-state index in [0.717, 1.165) is 18.7 Å². The Hall–Kier alpha value is -1.65. The van der Waals surface area contributed by atoms with Crippen molar-refractivity contribution in [2.75, 3.05) is 24.6 Å². The van der Waals surface area contributed by atoms with Gasteiger partial charge in [-0.3, -0.25) is 4.79 Å². The predicted molar refractivity (Wildman–Crippen MR) is 61.1 cm³/mol. The molecule has 0 unspecified atom stereocenters. The van der Waals surface area contributed by atoms with Crippen LogP contribution in [0, 0.1) is 11.9 Å². The Morgan fingerprint density at radius 2 is 2.53 bits per heavy atom. The third kappa shape index (κ3) is 2.72. The number of rotatable bonds is 3. The van der Waals surface area contributed by atoms with E-state index in [-0.39, 0.29) is 11.9 Å². The molecular weight excluding hydrogens is 223 g/mol. The molecule has 0 amide bonds. The third-order valence-corrected chi connectivity index (χ3v) is 2.88. The lowest BCUT2D eigenvalue weighted by Crippen LogP contribution is -2.24. The average Bonchev–Trinajstić information content (AvgIpc) is 2.78. The number of hydrogen-bond donors (Lipinski definition) is 0. The molecule has 0 radical (unpaired) electrons. The summed E-state index contributed by atoms with van der Waals surface area (Å²) < 4.78 is 17.9. The van der Waals surface area contributed by atoms with E-state index in [0.29, 0.717) is 13.2 Å². The number of hydrogen-bond acceptors (Lipinski definition) is 4. The van der Waals surface area contributed by atoms with E-state index >= 15 is 0 Å². The number of carbonyl (C=O) groups is 1. The van der Waals surface area contributed by atoms with Gasteiger partial charge in [-0.25, -0.2) is 4.98 Å². The zero-order valence-electron chi connectivity index (χ0n) is 9.73. The zero-order valence-corrected chi connectivity index (χ0v) is 9.73. The molecule has 1 aromatic rings. The van der Waals surface area contributed by atoms with Gasteiger partial charge in [-0.2, -0.15) is 4.39 Å². The summed E-state index contributed by atoms with van der Waals surface area (Å²) >= 11 is 0. The Labute approximate surface area is 99.4 Å². The molecule has 0 spiro atoms. The highest BCUT2D eigenvalue weighted by Crippen LogP contribution is 2.24. The van der Waals surface area contributed by atoms with E-state index in [4.69, 9.17) is 4.74 Å². The molecule has 0 aromatic carbocycles. The molecule has 92 valence electrons. The molecule has 17 heavy (non-hydrogen) atoms. The van der Waals surface area contributed by atoms with Crippen LogP contribution in [0.5, 0.6) is 0 Å². The van der Waals surface area contributed by atoms with Crippen LogP contribution in [-0.2, 0) is 9.53 Å². The monoisotopic (exact) mass is 238 g/mol. The molecule has 0 N–H and O–H groups in total. The number of pyridine rings is 1. The van der Waals surface area contributed by atoms with Gasteiger partial charge in [-0.05, 0) is 19.4 Å². The molecule has 5 heteroatoms. The summed E-state index contributed by atoms with van der Waals surface area (Å²) in [7, 11) is 0. The van der Waals surface area contributed by atoms with Crippen LogP contribution in [0.15, 0.2) is 18.3 Å². The molecule has 4 nitrogen and oxygen atoms in total. The molecule has 0 aliphatic carbocycles. The van der Waals surface area contributed by atoms with Gasteiger partial charge in [-0.15, -0.1) is 0 Å². The summed E-state index contributed by atoms with van der Waals surface area (Å²) in [6.07, 6.45) is 2.19. The van der Waals surface area contributed by atoms with E-state index in [1.54, 1.807) is 13.0 Å². The lowest BCUT2D eigenvalue weighted by molar-refractivity contribution is -0.147. The first-order valence-electron chi connectivity index (χ1n) is 5.74. The van der Waals surface area contributed by atoms with E-state index < -0.39 is 5.95 Å². The fraction of sp³-hybridized carbons (Fsp3) is 0.500. The predicted octanol–water partition coefficient (Wildman–Crippen LogP) is 1.61. The molecule has 1 aliphatic rings. The molecule has 1 aromatic heterocycles. The van der Waals surface area contributed by atoms with Gasteiger partial charge in [0.1, 0.15) is 0 Å². The van der Waals surface area contributed by atoms with Gasteiger partial charge >= 0.3 is 5.97 Å². The summed E-state index contributed by atoms with van der Waals surface area (Å²) in [6, 6.07) is 3.13. The first kappa shape index (κ1) is 11.8. The van der Waals surface area contributed by atoms with Gasteiger partial charge in [0.25, 0.3) is 0 Å². The highest BCUT2D eigenvalue weighted by molar-refractivity contribution is 5.74. The summed E-state index contributed by atoms with van der Waals surface area (Å²) in [6.45, 7) is 3.53. The molecular formula is C12H15FN2O2. The smallest absolute Gasteiger partial charge is 0.310 e. The van der Waals surface area contributed by atoms with Crippen LogP contribution in [0.1, 0.15) is 13.3 Å². The SMILES string of the molecule is CCOC(=O)[C@@H]1CCN(c2ccnc(F)c2)C1. The fourth-order valence-electron chi connectivity index (χ4n) is 2.04. The Morgan fingerprint density at radius 1 is 1.71 bits per heavy atom. The zero-order chi connectivity index (χ0) is 12.3. The Balaban J connectivity index is 2.00. The van der Waals surface area contributed by atoms with Crippen molar-refractivity contribution in [1.82, 2.24) is 4.98 Å². The lowest BCUT2D eigenvalue weighted by Gasteiger charge is -2.17. The highest BCUT2D eigenvalue weighted by atomic mass is 19.1. The van der Waals surface area contributed by atoms with Gasteiger partial charge in [0.05, 0.1) is 12.5 Å². The second-order valence-corrected chi connectivity index (χ2v) is 4.02. The van der Waals surface area contributed by atoms with Crippen LogP contribution < -0.4 is 4.90 Å². The Kier molecular flexibility index (Phi) is 3.56. The maximum absolute atomic E-state index is 13.0. The summed E-state index contributed by atoms with van der Waals surface area (Å²) in [5.74, 6) is -0.766. The largest absolute Gasteiger partial charge is 0.466 e. The van der Waals surface area contributed by atoms with Crippen LogP contribution in [0.3, 0.4) is 0 Å². The van der Waals surface area contributed by atoms with Crippen molar-refractivity contribution in [2.45, 2.75) is 13.3 Å². The number of aromatic nitrogens is 1. The molecule has 1 fully saturated rings. The minimum atomic E-state index is -0.498. The van der Waals surface area contributed by atoms with Crippen molar-refractivity contribution in [3.63, 3.8) is 0 Å². The molecule has 2 rings (SSSR count). The third-order valence-electron chi connectivity index (χ3n) is 2.88. The number of halogens is 1. The molecule has 1 aliphatic heterocycles. The minimum absolute atomic E-state index is 0.105. The minimum Gasteiger partial charge on any atom is -0.466 e. The molecule has 0 bridgehead atoms. The van der Waals surface area contributed by atoms with Crippen LogP contribution in [0.25, 0.3) is 0 Å². The molecule has 0 saturated carbocycles. The molecule has 1 atom stereocenters. The topological polar surface area (TPSA) is 42.4 Å². The van der Waals surface area contributed by atoms with Gasteiger partial charge in [0, 0.05) is 31.0 Å².